The number of pyridine rings is 1. The van der Waals surface area contributed by atoms with Gasteiger partial charge in [-0.25, -0.2) is 0 Å². The van der Waals surface area contributed by atoms with E-state index in [9.17, 15) is 4.79 Å². The lowest BCUT2D eigenvalue weighted by molar-refractivity contribution is 0.101. The van der Waals surface area contributed by atoms with Crippen LogP contribution in [0.2, 0.25) is 0 Å². The third-order valence-electron chi connectivity index (χ3n) is 4.15. The second-order valence-corrected chi connectivity index (χ2v) is 6.38. The summed E-state index contributed by atoms with van der Waals surface area (Å²) in [5.74, 6) is 0.0774. The van der Waals surface area contributed by atoms with Gasteiger partial charge in [0, 0.05) is 36.6 Å². The van der Waals surface area contributed by atoms with Crippen LogP contribution < -0.4 is 0 Å². The van der Waals surface area contributed by atoms with Gasteiger partial charge in [0.25, 0.3) is 0 Å². The van der Waals surface area contributed by atoms with Gasteiger partial charge < -0.3 is 0 Å². The Bertz CT molecular complexity index is 859. The molecule has 126 valence electrons. The molecule has 3 aromatic rings. The van der Waals surface area contributed by atoms with E-state index < -0.39 is 0 Å². The van der Waals surface area contributed by atoms with Crippen LogP contribution in [0.5, 0.6) is 0 Å². The van der Waals surface area contributed by atoms with E-state index >= 15 is 0 Å². The predicted octanol–water partition coefficient (Wildman–Crippen LogP) is 4.58. The highest BCUT2D eigenvalue weighted by Crippen LogP contribution is 2.21. The average Bonchev–Trinajstić information content (AvgIpc) is 2.63. The second-order valence-electron chi connectivity index (χ2n) is 6.38. The third-order valence-corrected chi connectivity index (χ3v) is 4.15. The molecule has 0 saturated carbocycles. The molecule has 0 aliphatic carbocycles. The lowest BCUT2D eigenvalue weighted by Crippen LogP contribution is -2.17. The molecule has 0 unspecified atom stereocenters. The van der Waals surface area contributed by atoms with E-state index in [1.54, 1.807) is 6.92 Å². The smallest absolute Gasteiger partial charge is 0.159 e. The summed E-state index contributed by atoms with van der Waals surface area (Å²) in [4.78, 5) is 18.2. The first-order valence-electron chi connectivity index (χ1n) is 8.39. The van der Waals surface area contributed by atoms with Gasteiger partial charge in [0.05, 0.1) is 0 Å². The quantitative estimate of drug-likeness (QED) is 0.620. The van der Waals surface area contributed by atoms with Gasteiger partial charge in [0.1, 0.15) is 0 Å². The van der Waals surface area contributed by atoms with Crippen LogP contribution >= 0.6 is 0 Å². The summed E-state index contributed by atoms with van der Waals surface area (Å²) < 4.78 is 0. The maximum absolute atomic E-state index is 11.6. The number of carbonyl (C=O) groups is 1. The van der Waals surface area contributed by atoms with E-state index in [4.69, 9.17) is 0 Å². The number of aromatic nitrogens is 1. The Morgan fingerprint density at radius 3 is 2.40 bits per heavy atom. The molecule has 0 bridgehead atoms. The molecule has 0 spiro atoms. The molecule has 0 aliphatic rings. The molecule has 0 aliphatic heterocycles. The normalized spacial score (nSPS) is 10.8. The molecule has 0 fully saturated rings. The highest BCUT2D eigenvalue weighted by Gasteiger charge is 2.06. The van der Waals surface area contributed by atoms with E-state index in [2.05, 4.69) is 47.3 Å². The van der Waals surface area contributed by atoms with Crippen molar-refractivity contribution in [3.05, 3.63) is 89.7 Å². The molecule has 2 aromatic carbocycles. The number of carbonyl (C=O) groups excluding carboxylic acids is 1. The Labute approximate surface area is 149 Å². The van der Waals surface area contributed by atoms with Crippen LogP contribution in [-0.4, -0.2) is 22.7 Å². The summed E-state index contributed by atoms with van der Waals surface area (Å²) in [5.41, 5.74) is 5.23. The molecule has 25 heavy (non-hydrogen) atoms. The predicted molar refractivity (Wildman–Crippen MR) is 101 cm³/mol. The third kappa shape index (κ3) is 4.61. The fourth-order valence-corrected chi connectivity index (χ4v) is 2.91. The molecule has 1 aromatic heterocycles. The largest absolute Gasteiger partial charge is 0.298 e. The highest BCUT2D eigenvalue weighted by atomic mass is 16.1. The lowest BCUT2D eigenvalue weighted by Gasteiger charge is -2.17. The van der Waals surface area contributed by atoms with Crippen molar-refractivity contribution in [2.75, 3.05) is 7.05 Å². The van der Waals surface area contributed by atoms with Crippen molar-refractivity contribution in [2.45, 2.75) is 20.0 Å². The van der Waals surface area contributed by atoms with Crippen molar-refractivity contribution in [1.82, 2.24) is 9.88 Å². The first-order valence-corrected chi connectivity index (χ1v) is 8.39. The Morgan fingerprint density at radius 1 is 0.880 bits per heavy atom. The molecule has 0 N–H and O–H groups in total. The first kappa shape index (κ1) is 17.1. The highest BCUT2D eigenvalue weighted by molar-refractivity contribution is 5.95. The maximum atomic E-state index is 11.6. The van der Waals surface area contributed by atoms with Crippen LogP contribution in [0, 0.1) is 0 Å². The SMILES string of the molecule is CC(=O)c1cccc(-c2cncc(CN(C)Cc3ccccc3)c2)c1. The summed E-state index contributed by atoms with van der Waals surface area (Å²) in [6.45, 7) is 3.30. The van der Waals surface area contributed by atoms with E-state index in [0.717, 1.165) is 35.3 Å². The monoisotopic (exact) mass is 330 g/mol. The van der Waals surface area contributed by atoms with Crippen LogP contribution in [0.1, 0.15) is 28.4 Å². The Balaban J connectivity index is 1.75. The minimum absolute atomic E-state index is 0.0774. The van der Waals surface area contributed by atoms with E-state index in [0.29, 0.717) is 0 Å². The number of benzene rings is 2. The minimum Gasteiger partial charge on any atom is -0.298 e. The van der Waals surface area contributed by atoms with Crippen molar-refractivity contribution in [1.29, 1.82) is 0 Å². The van der Waals surface area contributed by atoms with Crippen LogP contribution in [0.15, 0.2) is 73.1 Å². The zero-order valence-corrected chi connectivity index (χ0v) is 14.6. The molecule has 3 rings (SSSR count). The van der Waals surface area contributed by atoms with Gasteiger partial charge in [0.15, 0.2) is 5.78 Å². The van der Waals surface area contributed by atoms with Gasteiger partial charge in [-0.3, -0.25) is 14.7 Å². The summed E-state index contributed by atoms with van der Waals surface area (Å²) in [6.07, 6.45) is 3.75. The van der Waals surface area contributed by atoms with Crippen molar-refractivity contribution in [3.8, 4) is 11.1 Å². The van der Waals surface area contributed by atoms with Gasteiger partial charge in [-0.2, -0.15) is 0 Å². The summed E-state index contributed by atoms with van der Waals surface area (Å²) >= 11 is 0. The molecule has 0 saturated heterocycles. The fraction of sp³-hybridized carbons (Fsp3) is 0.182. The summed E-state index contributed by atoms with van der Waals surface area (Å²) in [7, 11) is 2.11. The Hall–Kier alpha value is -2.78. The van der Waals surface area contributed by atoms with E-state index in [1.165, 1.54) is 5.56 Å². The molecule has 0 amide bonds. The van der Waals surface area contributed by atoms with Crippen LogP contribution in [0.3, 0.4) is 0 Å². The molecule has 1 heterocycles. The number of ketones is 1. The first-order chi connectivity index (χ1) is 12.1. The number of Topliss-reactive ketones (excluding diaryl/α,β-unsaturated/α-hetero) is 1. The van der Waals surface area contributed by atoms with Crippen molar-refractivity contribution in [3.63, 3.8) is 0 Å². The molecule has 3 heteroatoms. The standard InChI is InChI=1S/C22H22N2O/c1-17(25)20-9-6-10-21(12-20)22-11-19(13-23-14-22)16-24(2)15-18-7-4-3-5-8-18/h3-14H,15-16H2,1-2H3. The van der Waals surface area contributed by atoms with Crippen molar-refractivity contribution in [2.24, 2.45) is 0 Å². The Kier molecular flexibility index (Phi) is 5.36. The van der Waals surface area contributed by atoms with Gasteiger partial charge in [0.2, 0.25) is 0 Å². The number of hydrogen-bond donors (Lipinski definition) is 0. The van der Waals surface area contributed by atoms with Crippen LogP contribution in [0.4, 0.5) is 0 Å². The lowest BCUT2D eigenvalue weighted by atomic mass is 10.0. The minimum atomic E-state index is 0.0774. The van der Waals surface area contributed by atoms with Gasteiger partial charge in [-0.05, 0) is 42.8 Å². The van der Waals surface area contributed by atoms with Gasteiger partial charge >= 0.3 is 0 Å². The van der Waals surface area contributed by atoms with Gasteiger partial charge in [-0.15, -0.1) is 0 Å². The number of hydrogen-bond acceptors (Lipinski definition) is 3. The summed E-state index contributed by atoms with van der Waals surface area (Å²) in [5, 5.41) is 0. The molecule has 0 radical (unpaired) electrons. The average molecular weight is 330 g/mol. The van der Waals surface area contributed by atoms with E-state index in [-0.39, 0.29) is 5.78 Å². The topological polar surface area (TPSA) is 33.2 Å². The maximum Gasteiger partial charge on any atom is 0.159 e. The molecule has 0 atom stereocenters. The number of nitrogens with zero attached hydrogens (tertiary/aromatic N) is 2. The van der Waals surface area contributed by atoms with E-state index in [1.807, 2.05) is 42.7 Å². The fourth-order valence-electron chi connectivity index (χ4n) is 2.91. The van der Waals surface area contributed by atoms with Crippen molar-refractivity contribution >= 4 is 5.78 Å². The molecule has 3 nitrogen and oxygen atoms in total. The zero-order chi connectivity index (χ0) is 17.6. The second kappa shape index (κ2) is 7.86. The van der Waals surface area contributed by atoms with Crippen molar-refractivity contribution < 1.29 is 4.79 Å². The zero-order valence-electron chi connectivity index (χ0n) is 14.6. The number of rotatable bonds is 6. The van der Waals surface area contributed by atoms with Crippen LogP contribution in [0.25, 0.3) is 11.1 Å². The molecular formula is C22H22N2O. The Morgan fingerprint density at radius 2 is 1.64 bits per heavy atom. The van der Waals surface area contributed by atoms with Gasteiger partial charge in [-0.1, -0.05) is 48.5 Å². The molecular weight excluding hydrogens is 308 g/mol. The summed E-state index contributed by atoms with van der Waals surface area (Å²) in [6, 6.07) is 20.3. The van der Waals surface area contributed by atoms with Crippen LogP contribution in [-0.2, 0) is 13.1 Å².